The normalized spacial score (nSPS) is 10.6. The zero-order valence-corrected chi connectivity index (χ0v) is 17.8. The number of rotatable bonds is 7. The zero-order valence-electron chi connectivity index (χ0n) is 17.8. The molecule has 0 aliphatic carbocycles. The topological polar surface area (TPSA) is 96.9 Å². The Kier molecular flexibility index (Phi) is 7.48. The fourth-order valence-electron chi connectivity index (χ4n) is 2.83. The van der Waals surface area contributed by atoms with Crippen LogP contribution in [-0.4, -0.2) is 30.5 Å². The first-order chi connectivity index (χ1) is 15.4. The van der Waals surface area contributed by atoms with Crippen LogP contribution in [0.4, 0.5) is 0 Å². The molecule has 2 amide bonds. The summed E-state index contributed by atoms with van der Waals surface area (Å²) in [7, 11) is 0. The van der Waals surface area contributed by atoms with E-state index in [2.05, 4.69) is 15.8 Å². The first-order valence-electron chi connectivity index (χ1n) is 9.96. The number of aryl methyl sites for hydroxylation is 2. The van der Waals surface area contributed by atoms with Crippen LogP contribution in [0.15, 0.2) is 77.9 Å². The van der Waals surface area contributed by atoms with Crippen LogP contribution in [-0.2, 0) is 4.79 Å². The maximum absolute atomic E-state index is 12.2. The van der Waals surface area contributed by atoms with Crippen LogP contribution in [0.3, 0.4) is 0 Å². The lowest BCUT2D eigenvalue weighted by molar-refractivity contribution is -0.120. The van der Waals surface area contributed by atoms with Gasteiger partial charge < -0.3 is 10.1 Å². The third-order valence-corrected chi connectivity index (χ3v) is 4.44. The third kappa shape index (κ3) is 6.63. The second kappa shape index (κ2) is 10.7. The minimum atomic E-state index is -0.453. The molecule has 0 aliphatic rings. The standard InChI is InChI=1S/C25H23N3O4/c1-17-5-3-7-20(13-17)24(30)26-16-23(29)28-27-15-19-9-11-22(12-10-19)32-25(31)21-8-4-6-18(2)14-21/h3-15H,16H2,1-2H3,(H,26,30)(H,28,29)/b27-15-. The molecule has 0 fully saturated rings. The number of hydrogen-bond acceptors (Lipinski definition) is 5. The van der Waals surface area contributed by atoms with Crippen molar-refractivity contribution in [3.05, 3.63) is 101 Å². The van der Waals surface area contributed by atoms with Gasteiger partial charge in [0.25, 0.3) is 11.8 Å². The third-order valence-electron chi connectivity index (χ3n) is 4.44. The predicted octanol–water partition coefficient (Wildman–Crippen LogP) is 3.40. The summed E-state index contributed by atoms with van der Waals surface area (Å²) in [6.45, 7) is 3.60. The number of carbonyl (C=O) groups excluding carboxylic acids is 3. The largest absolute Gasteiger partial charge is 0.423 e. The van der Waals surface area contributed by atoms with Crippen LogP contribution < -0.4 is 15.5 Å². The van der Waals surface area contributed by atoms with Crippen molar-refractivity contribution in [1.29, 1.82) is 0 Å². The van der Waals surface area contributed by atoms with E-state index in [9.17, 15) is 14.4 Å². The average Bonchev–Trinajstić information content (AvgIpc) is 2.78. The second-order valence-electron chi connectivity index (χ2n) is 7.17. The molecule has 0 bridgehead atoms. The Morgan fingerprint density at radius 2 is 1.50 bits per heavy atom. The molecule has 0 saturated carbocycles. The predicted molar refractivity (Wildman–Crippen MR) is 122 cm³/mol. The van der Waals surface area contributed by atoms with E-state index in [1.54, 1.807) is 60.7 Å². The van der Waals surface area contributed by atoms with Crippen LogP contribution in [0.25, 0.3) is 0 Å². The molecule has 0 aliphatic heterocycles. The van der Waals surface area contributed by atoms with Crippen LogP contribution in [0.2, 0.25) is 0 Å². The van der Waals surface area contributed by atoms with E-state index in [1.807, 2.05) is 26.0 Å². The highest BCUT2D eigenvalue weighted by Crippen LogP contribution is 2.14. The number of amides is 2. The Labute approximate surface area is 186 Å². The summed E-state index contributed by atoms with van der Waals surface area (Å²) in [4.78, 5) is 36.1. The highest BCUT2D eigenvalue weighted by molar-refractivity contribution is 5.96. The van der Waals surface area contributed by atoms with Gasteiger partial charge in [-0.1, -0.05) is 35.4 Å². The molecule has 0 heterocycles. The smallest absolute Gasteiger partial charge is 0.343 e. The Hall–Kier alpha value is -4.26. The van der Waals surface area contributed by atoms with E-state index < -0.39 is 11.9 Å². The molecule has 7 nitrogen and oxygen atoms in total. The summed E-state index contributed by atoms with van der Waals surface area (Å²) < 4.78 is 5.36. The molecule has 0 aromatic heterocycles. The average molecular weight is 429 g/mol. The van der Waals surface area contributed by atoms with Crippen molar-refractivity contribution >= 4 is 24.0 Å². The molecule has 2 N–H and O–H groups in total. The van der Waals surface area contributed by atoms with Gasteiger partial charge in [0.2, 0.25) is 0 Å². The molecule has 3 rings (SSSR count). The number of benzene rings is 3. The molecule has 7 heteroatoms. The summed E-state index contributed by atoms with van der Waals surface area (Å²) in [5.74, 6) is -0.818. The lowest BCUT2D eigenvalue weighted by atomic mass is 10.1. The minimum absolute atomic E-state index is 0.196. The fraction of sp³-hybridized carbons (Fsp3) is 0.120. The van der Waals surface area contributed by atoms with Crippen LogP contribution in [0, 0.1) is 13.8 Å². The van der Waals surface area contributed by atoms with Gasteiger partial charge in [0, 0.05) is 5.56 Å². The maximum Gasteiger partial charge on any atom is 0.343 e. The van der Waals surface area contributed by atoms with E-state index in [4.69, 9.17) is 4.74 Å². The molecule has 0 saturated heterocycles. The number of nitrogens with zero attached hydrogens (tertiary/aromatic N) is 1. The number of ether oxygens (including phenoxy) is 1. The van der Waals surface area contributed by atoms with Gasteiger partial charge in [-0.25, -0.2) is 10.2 Å². The number of hydrazone groups is 1. The Bertz CT molecular complexity index is 1150. The van der Waals surface area contributed by atoms with Gasteiger partial charge >= 0.3 is 5.97 Å². The van der Waals surface area contributed by atoms with Gasteiger partial charge in [-0.05, 0) is 67.9 Å². The van der Waals surface area contributed by atoms with Gasteiger partial charge in [-0.15, -0.1) is 0 Å². The number of nitrogens with one attached hydrogen (secondary N) is 2. The van der Waals surface area contributed by atoms with Crippen LogP contribution in [0.5, 0.6) is 5.75 Å². The van der Waals surface area contributed by atoms with Gasteiger partial charge in [0.1, 0.15) is 5.75 Å². The lowest BCUT2D eigenvalue weighted by Crippen LogP contribution is -2.34. The Morgan fingerprint density at radius 3 is 2.16 bits per heavy atom. The second-order valence-corrected chi connectivity index (χ2v) is 7.17. The molecule has 0 atom stereocenters. The molecule has 0 spiro atoms. The molecule has 32 heavy (non-hydrogen) atoms. The first-order valence-corrected chi connectivity index (χ1v) is 9.96. The van der Waals surface area contributed by atoms with E-state index in [0.717, 1.165) is 11.1 Å². The SMILES string of the molecule is Cc1cccc(C(=O)NCC(=O)N/N=C\c2ccc(OC(=O)c3cccc(C)c3)cc2)c1. The lowest BCUT2D eigenvalue weighted by Gasteiger charge is -2.06. The van der Waals surface area contributed by atoms with Gasteiger partial charge in [-0.3, -0.25) is 9.59 Å². The summed E-state index contributed by atoms with van der Waals surface area (Å²) in [5, 5.41) is 6.41. The van der Waals surface area contributed by atoms with Crippen LogP contribution >= 0.6 is 0 Å². The van der Waals surface area contributed by atoms with Crippen molar-refractivity contribution < 1.29 is 19.1 Å². The molecule has 162 valence electrons. The van der Waals surface area contributed by atoms with Crippen molar-refractivity contribution in [2.24, 2.45) is 5.10 Å². The molecular formula is C25H23N3O4. The van der Waals surface area contributed by atoms with E-state index >= 15 is 0 Å². The first kappa shape index (κ1) is 22.4. The van der Waals surface area contributed by atoms with Gasteiger partial charge in [0.05, 0.1) is 18.3 Å². The van der Waals surface area contributed by atoms with Crippen molar-refractivity contribution in [3.8, 4) is 5.75 Å². The molecule has 3 aromatic carbocycles. The van der Waals surface area contributed by atoms with Crippen molar-refractivity contribution in [2.75, 3.05) is 6.54 Å². The van der Waals surface area contributed by atoms with Crippen molar-refractivity contribution in [1.82, 2.24) is 10.7 Å². The molecule has 0 radical (unpaired) electrons. The van der Waals surface area contributed by atoms with Crippen LogP contribution in [0.1, 0.15) is 37.4 Å². The summed E-state index contributed by atoms with van der Waals surface area (Å²) in [6.07, 6.45) is 1.45. The summed E-state index contributed by atoms with van der Waals surface area (Å²) >= 11 is 0. The highest BCUT2D eigenvalue weighted by atomic mass is 16.5. The monoisotopic (exact) mass is 429 g/mol. The number of carbonyl (C=O) groups is 3. The van der Waals surface area contributed by atoms with Crippen molar-refractivity contribution in [2.45, 2.75) is 13.8 Å². The molecular weight excluding hydrogens is 406 g/mol. The minimum Gasteiger partial charge on any atom is -0.423 e. The van der Waals surface area contributed by atoms with E-state index in [-0.39, 0.29) is 12.5 Å². The number of hydrogen-bond donors (Lipinski definition) is 2. The Balaban J connectivity index is 1.45. The van der Waals surface area contributed by atoms with E-state index in [0.29, 0.717) is 22.4 Å². The Morgan fingerprint density at radius 1 is 0.875 bits per heavy atom. The molecule has 3 aromatic rings. The quantitative estimate of drug-likeness (QED) is 0.260. The number of esters is 1. The zero-order chi connectivity index (χ0) is 22.9. The fourth-order valence-corrected chi connectivity index (χ4v) is 2.83. The molecule has 0 unspecified atom stereocenters. The highest BCUT2D eigenvalue weighted by Gasteiger charge is 2.09. The summed E-state index contributed by atoms with van der Waals surface area (Å²) in [5.41, 5.74) is 5.96. The summed E-state index contributed by atoms with van der Waals surface area (Å²) in [6, 6.07) is 20.9. The maximum atomic E-state index is 12.2. The van der Waals surface area contributed by atoms with Crippen molar-refractivity contribution in [3.63, 3.8) is 0 Å². The van der Waals surface area contributed by atoms with Gasteiger partial charge in [-0.2, -0.15) is 5.10 Å². The van der Waals surface area contributed by atoms with Gasteiger partial charge in [0.15, 0.2) is 0 Å². The van der Waals surface area contributed by atoms with E-state index in [1.165, 1.54) is 6.21 Å².